The summed E-state index contributed by atoms with van der Waals surface area (Å²) in [5, 5.41) is 16.9. The van der Waals surface area contributed by atoms with Gasteiger partial charge in [0, 0.05) is 49.4 Å². The van der Waals surface area contributed by atoms with E-state index in [0.717, 1.165) is 37.4 Å². The van der Waals surface area contributed by atoms with Crippen molar-refractivity contribution >= 4 is 24.0 Å². The number of piperazine rings is 1. The second kappa shape index (κ2) is 9.43. The number of rotatable bonds is 3. The van der Waals surface area contributed by atoms with Gasteiger partial charge in [-0.3, -0.25) is 4.79 Å². The van der Waals surface area contributed by atoms with Crippen LogP contribution in [0, 0.1) is 5.82 Å². The third kappa shape index (κ3) is 4.80. The molecule has 1 amide bonds. The van der Waals surface area contributed by atoms with Crippen LogP contribution in [0.4, 0.5) is 10.1 Å². The maximum absolute atomic E-state index is 13.1. The molecule has 2 aliphatic rings. The predicted molar refractivity (Wildman–Crippen MR) is 111 cm³/mol. The third-order valence-corrected chi connectivity index (χ3v) is 5.26. The molecule has 0 bridgehead atoms. The summed E-state index contributed by atoms with van der Waals surface area (Å²) < 4.78 is 18.9. The van der Waals surface area contributed by atoms with Crippen LogP contribution < -0.4 is 20.3 Å². The smallest absolute Gasteiger partial charge is 0.251 e. The Balaban J connectivity index is 0.00000240. The Labute approximate surface area is 175 Å². The molecule has 0 radical (unpaired) electrons. The quantitative estimate of drug-likeness (QED) is 0.709. The van der Waals surface area contributed by atoms with Crippen LogP contribution in [-0.4, -0.2) is 49.9 Å². The van der Waals surface area contributed by atoms with Crippen LogP contribution >= 0.6 is 12.4 Å². The number of benzene rings is 2. The van der Waals surface area contributed by atoms with Crippen LogP contribution in [0.5, 0.6) is 5.75 Å². The highest BCUT2D eigenvalue weighted by Crippen LogP contribution is 2.35. The van der Waals surface area contributed by atoms with Crippen LogP contribution in [0.2, 0.25) is 0 Å². The van der Waals surface area contributed by atoms with Gasteiger partial charge in [-0.2, -0.15) is 0 Å². The Kier molecular flexibility index (Phi) is 6.95. The van der Waals surface area contributed by atoms with E-state index < -0.39 is 18.0 Å². The number of nitrogens with one attached hydrogen (secondary N) is 2. The summed E-state index contributed by atoms with van der Waals surface area (Å²) in [6, 6.07) is 10.7. The van der Waals surface area contributed by atoms with Gasteiger partial charge in [0.15, 0.2) is 0 Å². The fourth-order valence-corrected chi connectivity index (χ4v) is 3.69. The number of fused-ring (bicyclic) bond motifs is 1. The summed E-state index contributed by atoms with van der Waals surface area (Å²) in [6.07, 6.45) is -0.365. The summed E-state index contributed by atoms with van der Waals surface area (Å²) in [5.41, 5.74) is 2.15. The zero-order valence-electron chi connectivity index (χ0n) is 15.9. The number of aliphatic hydroxyl groups excluding tert-OH is 1. The molecule has 0 unspecified atom stereocenters. The van der Waals surface area contributed by atoms with Crippen molar-refractivity contribution < 1.29 is 19.0 Å². The number of hydrogen-bond acceptors (Lipinski definition) is 5. The van der Waals surface area contributed by atoms with E-state index in [2.05, 4.69) is 15.5 Å². The molecule has 6 nitrogen and oxygen atoms in total. The van der Waals surface area contributed by atoms with E-state index in [1.165, 1.54) is 24.3 Å². The Morgan fingerprint density at radius 2 is 1.90 bits per heavy atom. The van der Waals surface area contributed by atoms with Crippen molar-refractivity contribution in [2.75, 3.05) is 37.7 Å². The van der Waals surface area contributed by atoms with Crippen LogP contribution in [0.25, 0.3) is 0 Å². The van der Waals surface area contributed by atoms with E-state index in [1.807, 2.05) is 18.2 Å². The van der Waals surface area contributed by atoms with Crippen LogP contribution in [0.1, 0.15) is 28.4 Å². The fourth-order valence-electron chi connectivity index (χ4n) is 3.69. The summed E-state index contributed by atoms with van der Waals surface area (Å²) in [4.78, 5) is 14.9. The maximum atomic E-state index is 13.1. The largest absolute Gasteiger partial charge is 0.493 e. The second-order valence-electron chi connectivity index (χ2n) is 7.12. The lowest BCUT2D eigenvalue weighted by atomic mass is 9.98. The Morgan fingerprint density at radius 1 is 1.17 bits per heavy atom. The molecular weight excluding hydrogens is 397 g/mol. The lowest BCUT2D eigenvalue weighted by molar-refractivity contribution is 0.0805. The molecule has 156 valence electrons. The number of ether oxygens (including phenoxy) is 1. The van der Waals surface area contributed by atoms with E-state index in [0.29, 0.717) is 24.3 Å². The van der Waals surface area contributed by atoms with Crippen molar-refractivity contribution in [3.05, 3.63) is 59.4 Å². The normalized spacial score (nSPS) is 21.2. The predicted octanol–water partition coefficient (Wildman–Crippen LogP) is 2.27. The van der Waals surface area contributed by atoms with Gasteiger partial charge >= 0.3 is 0 Å². The molecule has 29 heavy (non-hydrogen) atoms. The third-order valence-electron chi connectivity index (χ3n) is 5.26. The fraction of sp³-hybridized carbons (Fsp3) is 0.381. The number of aliphatic hydroxyl groups is 1. The molecule has 0 saturated carbocycles. The van der Waals surface area contributed by atoms with Crippen molar-refractivity contribution in [3.63, 3.8) is 0 Å². The van der Waals surface area contributed by atoms with E-state index in [4.69, 9.17) is 4.74 Å². The molecule has 2 atom stereocenters. The maximum Gasteiger partial charge on any atom is 0.251 e. The van der Waals surface area contributed by atoms with Crippen molar-refractivity contribution in [1.29, 1.82) is 0 Å². The van der Waals surface area contributed by atoms with Gasteiger partial charge in [-0.15, -0.1) is 12.4 Å². The molecule has 1 fully saturated rings. The standard InChI is InChI=1S/C21H24FN3O3.ClH/c22-15-3-1-14(2-4-15)21(27)24-20-17-13-16(25-10-8-23-9-11-25)5-6-19(17)28-12-7-18(20)26;/h1-6,13,18,20,23,26H,7-12H2,(H,24,27);1H/t18-,20-;/m0./s1. The van der Waals surface area contributed by atoms with Crippen LogP contribution in [-0.2, 0) is 0 Å². The first-order valence-corrected chi connectivity index (χ1v) is 9.59. The minimum Gasteiger partial charge on any atom is -0.493 e. The number of hydrogen-bond donors (Lipinski definition) is 3. The zero-order chi connectivity index (χ0) is 19.5. The van der Waals surface area contributed by atoms with Gasteiger partial charge in [0.1, 0.15) is 11.6 Å². The molecule has 8 heteroatoms. The summed E-state index contributed by atoms with van der Waals surface area (Å²) in [7, 11) is 0. The Hall–Kier alpha value is -2.35. The van der Waals surface area contributed by atoms with Gasteiger partial charge in [0.2, 0.25) is 0 Å². The number of amides is 1. The van der Waals surface area contributed by atoms with E-state index in [1.54, 1.807) is 0 Å². The average molecular weight is 422 g/mol. The highest BCUT2D eigenvalue weighted by molar-refractivity contribution is 5.94. The number of carbonyl (C=O) groups excluding carboxylic acids is 1. The summed E-state index contributed by atoms with van der Waals surface area (Å²) in [6.45, 7) is 4.01. The molecule has 3 N–H and O–H groups in total. The van der Waals surface area contributed by atoms with Gasteiger partial charge in [-0.25, -0.2) is 4.39 Å². The lowest BCUT2D eigenvalue weighted by Crippen LogP contribution is -2.43. The number of nitrogens with zero attached hydrogens (tertiary/aromatic N) is 1. The van der Waals surface area contributed by atoms with E-state index in [9.17, 15) is 14.3 Å². The van der Waals surface area contributed by atoms with Crippen molar-refractivity contribution in [1.82, 2.24) is 10.6 Å². The zero-order valence-corrected chi connectivity index (χ0v) is 16.8. The molecular formula is C21H25ClFN3O3. The van der Waals surface area contributed by atoms with Crippen LogP contribution in [0.15, 0.2) is 42.5 Å². The highest BCUT2D eigenvalue weighted by atomic mass is 35.5. The monoisotopic (exact) mass is 421 g/mol. The molecule has 2 heterocycles. The van der Waals surface area contributed by atoms with E-state index >= 15 is 0 Å². The van der Waals surface area contributed by atoms with Gasteiger partial charge in [-0.05, 0) is 42.5 Å². The molecule has 4 rings (SSSR count). The topological polar surface area (TPSA) is 73.8 Å². The van der Waals surface area contributed by atoms with Gasteiger partial charge in [0.05, 0.1) is 18.8 Å². The number of carbonyl (C=O) groups is 1. The van der Waals surface area contributed by atoms with Crippen molar-refractivity contribution in [2.24, 2.45) is 0 Å². The highest BCUT2D eigenvalue weighted by Gasteiger charge is 2.30. The SMILES string of the molecule is Cl.O=C(N[C@H]1c2cc(N3CCNCC3)ccc2OCC[C@@H]1O)c1ccc(F)cc1. The molecule has 1 saturated heterocycles. The second-order valence-corrected chi connectivity index (χ2v) is 7.12. The summed E-state index contributed by atoms with van der Waals surface area (Å²) in [5.74, 6) is -0.0882. The molecule has 0 aromatic heterocycles. The number of anilines is 1. The lowest BCUT2D eigenvalue weighted by Gasteiger charge is -2.31. The minimum absolute atomic E-state index is 0. The Morgan fingerprint density at radius 3 is 2.62 bits per heavy atom. The van der Waals surface area contributed by atoms with E-state index in [-0.39, 0.29) is 18.3 Å². The molecule has 2 aromatic rings. The number of halogens is 2. The van der Waals surface area contributed by atoms with Gasteiger partial charge in [-0.1, -0.05) is 0 Å². The molecule has 2 aliphatic heterocycles. The van der Waals surface area contributed by atoms with Gasteiger partial charge in [0.25, 0.3) is 5.91 Å². The first kappa shape index (κ1) is 21.4. The summed E-state index contributed by atoms with van der Waals surface area (Å²) >= 11 is 0. The Bertz CT molecular complexity index is 844. The first-order valence-electron chi connectivity index (χ1n) is 9.59. The average Bonchev–Trinajstić information content (AvgIpc) is 2.87. The molecule has 2 aromatic carbocycles. The van der Waals surface area contributed by atoms with Crippen molar-refractivity contribution in [2.45, 2.75) is 18.6 Å². The first-order chi connectivity index (χ1) is 13.6. The van der Waals surface area contributed by atoms with Gasteiger partial charge < -0.3 is 25.4 Å². The van der Waals surface area contributed by atoms with Crippen molar-refractivity contribution in [3.8, 4) is 5.75 Å². The van der Waals surface area contributed by atoms with Crippen LogP contribution in [0.3, 0.4) is 0 Å². The minimum atomic E-state index is -0.774. The molecule has 0 aliphatic carbocycles. The molecule has 0 spiro atoms.